The van der Waals surface area contributed by atoms with Crippen molar-refractivity contribution in [3.05, 3.63) is 35.9 Å². The molecule has 0 fully saturated rings. The maximum atomic E-state index is 14.3. The van der Waals surface area contributed by atoms with Crippen molar-refractivity contribution in [2.24, 2.45) is 29.6 Å². The molecule has 0 unspecified atom stereocenters. The van der Waals surface area contributed by atoms with E-state index in [-0.39, 0.29) is 12.5 Å². The van der Waals surface area contributed by atoms with Crippen molar-refractivity contribution in [1.82, 2.24) is 53.2 Å². The molecule has 1 aromatic rings. The van der Waals surface area contributed by atoms with Crippen LogP contribution in [0, 0.1) is 29.6 Å². The number of benzene rings is 1. The molecule has 8 atom stereocenters. The minimum atomic E-state index is -1.75. The fourth-order valence-electron chi connectivity index (χ4n) is 7.80. The van der Waals surface area contributed by atoms with Gasteiger partial charge < -0.3 is 67.4 Å². The van der Waals surface area contributed by atoms with Crippen LogP contribution in [0.2, 0.25) is 0 Å². The third kappa shape index (κ3) is 23.6. The predicted molar refractivity (Wildman–Crippen MR) is 304 cm³/mol. The highest BCUT2D eigenvalue weighted by atomic mass is 16.6. The average Bonchev–Trinajstić information content (AvgIpc) is 3.35. The van der Waals surface area contributed by atoms with Gasteiger partial charge in [-0.2, -0.15) is 0 Å². The Morgan fingerprint density at radius 1 is 0.469 bits per heavy atom. The van der Waals surface area contributed by atoms with E-state index in [1.54, 1.807) is 96.9 Å². The van der Waals surface area contributed by atoms with Gasteiger partial charge in [0.25, 0.3) is 0 Å². The molecule has 0 radical (unpaired) electrons. The van der Waals surface area contributed by atoms with E-state index in [9.17, 15) is 52.7 Å². The van der Waals surface area contributed by atoms with Crippen molar-refractivity contribution in [2.45, 2.75) is 216 Å². The van der Waals surface area contributed by atoms with Crippen LogP contribution in [0.3, 0.4) is 0 Å². The maximum Gasteiger partial charge on any atom is 0.408 e. The molecule has 10 amide bonds. The standard InChI is InChI=1S/C57H96N10O14/c1-22-34(10)42(49(74)66-56(17,18)51(76)63-43(35(11)80-29-36-26-24-23-25-27-36)47(72)60-41(33(8)9)48(73)67-57(19,20)52(77)79-21)61-45(70)39(31(4)5)59-46(71)40(32(6)7)62-50(75)55(15,16)65-37(68)28-58-44(69)38(30(2)3)64-53(78)81-54(12,13)14/h23-27,30-35,38-43H,22,28-29H2,1-21H3,(H,58,69)(H,59,71)(H,60,72)(H,61,70)(H,62,75)(H,63,76)(H,64,78)(H,65,68)(H,66,74)(H,67,73)/t34-,35+,38+,39+,40+,41+,42+,43+/m0/s1. The fraction of sp³-hybridized carbons (Fsp3) is 0.702. The molecular formula is C57H96N10O14. The van der Waals surface area contributed by atoms with E-state index in [1.165, 1.54) is 48.7 Å². The molecule has 458 valence electrons. The van der Waals surface area contributed by atoms with Crippen LogP contribution in [-0.4, -0.2) is 143 Å². The second-order valence-corrected chi connectivity index (χ2v) is 24.5. The van der Waals surface area contributed by atoms with Crippen molar-refractivity contribution < 1.29 is 67.0 Å². The Morgan fingerprint density at radius 3 is 1.32 bits per heavy atom. The van der Waals surface area contributed by atoms with Gasteiger partial charge in [-0.05, 0) is 104 Å². The first-order chi connectivity index (χ1) is 37.1. The number of carbonyl (C=O) groups is 11. The lowest BCUT2D eigenvalue weighted by atomic mass is 9.94. The highest BCUT2D eigenvalue weighted by Gasteiger charge is 2.42. The summed E-state index contributed by atoms with van der Waals surface area (Å²) in [7, 11) is 1.18. The second-order valence-electron chi connectivity index (χ2n) is 24.5. The van der Waals surface area contributed by atoms with Gasteiger partial charge in [-0.1, -0.05) is 106 Å². The molecule has 1 rings (SSSR count). The zero-order chi connectivity index (χ0) is 62.7. The first-order valence-corrected chi connectivity index (χ1v) is 27.6. The molecule has 0 saturated heterocycles. The summed E-state index contributed by atoms with van der Waals surface area (Å²) in [4.78, 5) is 149. The van der Waals surface area contributed by atoms with Crippen LogP contribution in [0.15, 0.2) is 30.3 Å². The number of carbonyl (C=O) groups excluding carboxylic acids is 11. The van der Waals surface area contributed by atoms with Crippen molar-refractivity contribution in [3.63, 3.8) is 0 Å². The number of nitrogens with one attached hydrogen (secondary N) is 10. The quantitative estimate of drug-likeness (QED) is 0.0496. The summed E-state index contributed by atoms with van der Waals surface area (Å²) in [6.07, 6.45) is -1.44. The van der Waals surface area contributed by atoms with Gasteiger partial charge >= 0.3 is 12.1 Å². The van der Waals surface area contributed by atoms with Crippen molar-refractivity contribution in [1.29, 1.82) is 0 Å². The highest BCUT2D eigenvalue weighted by molar-refractivity contribution is 6.00. The summed E-state index contributed by atoms with van der Waals surface area (Å²) < 4.78 is 16.2. The molecule has 24 heteroatoms. The van der Waals surface area contributed by atoms with Crippen LogP contribution in [0.4, 0.5) is 4.79 Å². The molecule has 0 heterocycles. The van der Waals surface area contributed by atoms with Gasteiger partial charge in [-0.25, -0.2) is 9.59 Å². The fourth-order valence-corrected chi connectivity index (χ4v) is 7.80. The molecule has 0 aliphatic carbocycles. The molecular weight excluding hydrogens is 1050 g/mol. The molecule has 1 aromatic carbocycles. The summed E-state index contributed by atoms with van der Waals surface area (Å²) in [6, 6.07) is 1.67. The molecule has 0 aromatic heterocycles. The van der Waals surface area contributed by atoms with Crippen LogP contribution >= 0.6 is 0 Å². The Morgan fingerprint density at radius 2 is 0.864 bits per heavy atom. The molecule has 0 aliphatic rings. The smallest absolute Gasteiger partial charge is 0.408 e. The van der Waals surface area contributed by atoms with Crippen LogP contribution in [0.25, 0.3) is 0 Å². The Kier molecular flexibility index (Phi) is 28.0. The summed E-state index contributed by atoms with van der Waals surface area (Å²) in [5.74, 6) is -9.97. The third-order valence-electron chi connectivity index (χ3n) is 13.1. The van der Waals surface area contributed by atoms with Gasteiger partial charge in [-0.3, -0.25) is 43.2 Å². The predicted octanol–water partition coefficient (Wildman–Crippen LogP) is 2.55. The van der Waals surface area contributed by atoms with E-state index < -0.39 is 160 Å². The summed E-state index contributed by atoms with van der Waals surface area (Å²) >= 11 is 0. The zero-order valence-electron chi connectivity index (χ0n) is 51.7. The van der Waals surface area contributed by atoms with Gasteiger partial charge in [0.05, 0.1) is 26.4 Å². The number of amides is 10. The molecule has 81 heavy (non-hydrogen) atoms. The lowest BCUT2D eigenvalue weighted by molar-refractivity contribution is -0.150. The number of hydrogen-bond donors (Lipinski definition) is 10. The molecule has 24 nitrogen and oxygen atoms in total. The van der Waals surface area contributed by atoms with Crippen LogP contribution in [0.5, 0.6) is 0 Å². The Balaban J connectivity index is 3.33. The second kappa shape index (κ2) is 31.4. The number of rotatable bonds is 30. The number of hydrogen-bond acceptors (Lipinski definition) is 14. The highest BCUT2D eigenvalue weighted by Crippen LogP contribution is 2.17. The van der Waals surface area contributed by atoms with Gasteiger partial charge in [0.1, 0.15) is 58.5 Å². The van der Waals surface area contributed by atoms with E-state index in [2.05, 4.69) is 53.2 Å². The summed E-state index contributed by atoms with van der Waals surface area (Å²) in [5.41, 5.74) is -4.87. The van der Waals surface area contributed by atoms with Gasteiger partial charge in [0.15, 0.2) is 0 Å². The van der Waals surface area contributed by atoms with Crippen LogP contribution in [-0.2, 0) is 68.8 Å². The number of methoxy groups -OCH3 is 1. The molecule has 10 N–H and O–H groups in total. The van der Waals surface area contributed by atoms with Gasteiger partial charge in [0, 0.05) is 0 Å². The Labute approximate surface area is 479 Å². The topological polar surface area (TPSA) is 336 Å². The first kappa shape index (κ1) is 72.2. The summed E-state index contributed by atoms with van der Waals surface area (Å²) in [6.45, 7) is 31.5. The summed E-state index contributed by atoms with van der Waals surface area (Å²) in [5, 5.41) is 26.4. The minimum Gasteiger partial charge on any atom is -0.467 e. The minimum absolute atomic E-state index is 0.0468. The zero-order valence-corrected chi connectivity index (χ0v) is 51.7. The maximum absolute atomic E-state index is 14.3. The normalized spacial score (nSPS) is 15.0. The van der Waals surface area contributed by atoms with E-state index in [0.29, 0.717) is 6.42 Å². The average molecular weight is 1150 g/mol. The lowest BCUT2D eigenvalue weighted by Gasteiger charge is -2.34. The van der Waals surface area contributed by atoms with E-state index >= 15 is 0 Å². The SMILES string of the molecule is CC[C@H](C)[C@@H](NC(=O)[C@H](NC(=O)[C@H](NC(=O)C(C)(C)NC(=O)CNC(=O)[C@H](NC(=O)OC(C)(C)C)C(C)C)C(C)C)C(C)C)C(=O)NC(C)(C)C(=O)N[C@@H](C(=O)N[C@@H](C(=O)NC(C)(C)C(=O)OC)C(C)C)[C@@H](C)OCc1ccccc1. The number of esters is 1. The lowest BCUT2D eigenvalue weighted by Crippen LogP contribution is -2.66. The van der Waals surface area contributed by atoms with E-state index in [1.807, 2.05) is 30.3 Å². The number of ether oxygens (including phenoxy) is 3. The molecule has 0 aliphatic heterocycles. The van der Waals surface area contributed by atoms with Gasteiger partial charge in [0.2, 0.25) is 53.2 Å². The Bertz CT molecular complexity index is 2350. The van der Waals surface area contributed by atoms with Crippen molar-refractivity contribution in [3.8, 4) is 0 Å². The largest absolute Gasteiger partial charge is 0.467 e. The first-order valence-electron chi connectivity index (χ1n) is 27.6. The van der Waals surface area contributed by atoms with Crippen molar-refractivity contribution >= 4 is 65.2 Å². The monoisotopic (exact) mass is 1140 g/mol. The van der Waals surface area contributed by atoms with Crippen LogP contribution in [0.1, 0.15) is 150 Å². The molecule has 0 saturated carbocycles. The molecule has 0 spiro atoms. The number of alkyl carbamates (subject to hydrolysis) is 1. The molecule has 0 bridgehead atoms. The third-order valence-corrected chi connectivity index (χ3v) is 13.1. The van der Waals surface area contributed by atoms with E-state index in [0.717, 1.165) is 5.56 Å². The Hall–Kier alpha value is -6.85. The van der Waals surface area contributed by atoms with Crippen molar-refractivity contribution in [2.75, 3.05) is 13.7 Å². The van der Waals surface area contributed by atoms with E-state index in [4.69, 9.17) is 14.2 Å². The van der Waals surface area contributed by atoms with Gasteiger partial charge in [-0.15, -0.1) is 0 Å². The van der Waals surface area contributed by atoms with Crippen LogP contribution < -0.4 is 53.2 Å².